The highest BCUT2D eigenvalue weighted by atomic mass is 16.5. The second-order valence-electron chi connectivity index (χ2n) is 9.11. The molecule has 194 valence electrons. The van der Waals surface area contributed by atoms with Crippen LogP contribution in [-0.4, -0.2) is 60.1 Å². The molecule has 0 aliphatic carbocycles. The molecule has 2 heterocycles. The van der Waals surface area contributed by atoms with Crippen molar-refractivity contribution in [1.82, 2.24) is 15.3 Å². The molecule has 2 fully saturated rings. The van der Waals surface area contributed by atoms with Crippen LogP contribution in [0.15, 0.2) is 91.0 Å². The van der Waals surface area contributed by atoms with Crippen LogP contribution in [0.3, 0.4) is 0 Å². The van der Waals surface area contributed by atoms with Crippen LogP contribution in [-0.2, 0) is 23.9 Å². The molecule has 3 aromatic carbocycles. The van der Waals surface area contributed by atoms with Crippen LogP contribution in [0.5, 0.6) is 0 Å². The van der Waals surface area contributed by atoms with E-state index in [0.29, 0.717) is 11.1 Å². The maximum Gasteiger partial charge on any atom is 0.331 e. The van der Waals surface area contributed by atoms with Gasteiger partial charge in [0.25, 0.3) is 11.8 Å². The van der Waals surface area contributed by atoms with E-state index in [1.54, 1.807) is 35.3 Å². The second-order valence-corrected chi connectivity index (χ2v) is 9.11. The van der Waals surface area contributed by atoms with Crippen LogP contribution in [0, 0.1) is 5.92 Å². The third-order valence-electron chi connectivity index (χ3n) is 7.09. The summed E-state index contributed by atoms with van der Waals surface area (Å²) in [5, 5.41) is 5.89. The van der Waals surface area contributed by atoms with Crippen molar-refractivity contribution in [2.24, 2.45) is 5.92 Å². The monoisotopic (exact) mass is 513 g/mol. The number of carbonyl (C=O) groups excluding carboxylic acids is 4. The van der Waals surface area contributed by atoms with Gasteiger partial charge in [0.1, 0.15) is 12.0 Å². The van der Waals surface area contributed by atoms with Gasteiger partial charge in [0.15, 0.2) is 6.04 Å². The fourth-order valence-electron chi connectivity index (χ4n) is 5.48. The van der Waals surface area contributed by atoms with E-state index in [-0.39, 0.29) is 0 Å². The Balaban J connectivity index is 1.68. The summed E-state index contributed by atoms with van der Waals surface area (Å²) in [6.45, 7) is 0. The van der Waals surface area contributed by atoms with Gasteiger partial charge >= 0.3 is 11.9 Å². The van der Waals surface area contributed by atoms with Gasteiger partial charge in [-0.1, -0.05) is 78.9 Å². The highest BCUT2D eigenvalue weighted by Gasteiger charge is 2.65. The summed E-state index contributed by atoms with van der Waals surface area (Å²) in [5.41, 5.74) is 1.84. The minimum atomic E-state index is -1.28. The molecule has 5 atom stereocenters. The number of nitrogens with one attached hydrogen (secondary N) is 1. The Bertz CT molecular complexity index is 1330. The number of ether oxygens (including phenoxy) is 2. The normalized spacial score (nSPS) is 24.5. The lowest BCUT2D eigenvalue weighted by molar-refractivity contribution is -0.161. The third kappa shape index (κ3) is 4.20. The molecule has 9 heteroatoms. The second kappa shape index (κ2) is 10.5. The van der Waals surface area contributed by atoms with Crippen LogP contribution in [0.25, 0.3) is 0 Å². The highest BCUT2D eigenvalue weighted by molar-refractivity contribution is 6.00. The number of carbonyl (C=O) groups is 4. The molecule has 0 spiro atoms. The first-order valence-electron chi connectivity index (χ1n) is 12.2. The van der Waals surface area contributed by atoms with Gasteiger partial charge in [-0.05, 0) is 23.3 Å². The standard InChI is InChI=1S/C29H27N3O6/c1-37-28(35)21-23(18-12-6-3-7-13-18)31-24(19-14-8-4-9-15-19)22(27(34)32(31)25(21)29(36)38-2)30-26(33)20-16-10-5-11-17-20/h3-17,21-25H,1-2H3,(H,30,33)/t21-,22+,23-,24+,25-/m0/s1. The van der Waals surface area contributed by atoms with Gasteiger partial charge in [0, 0.05) is 5.56 Å². The zero-order chi connectivity index (χ0) is 26.8. The van der Waals surface area contributed by atoms with Crippen molar-refractivity contribution in [3.05, 3.63) is 108 Å². The molecule has 38 heavy (non-hydrogen) atoms. The molecule has 1 N–H and O–H groups in total. The molecule has 5 rings (SSSR count). The first-order valence-corrected chi connectivity index (χ1v) is 12.2. The van der Waals surface area contributed by atoms with Gasteiger partial charge in [-0.25, -0.2) is 4.79 Å². The average Bonchev–Trinajstić information content (AvgIpc) is 3.45. The van der Waals surface area contributed by atoms with E-state index >= 15 is 0 Å². The number of hydrogen-bond acceptors (Lipinski definition) is 7. The fourth-order valence-corrected chi connectivity index (χ4v) is 5.48. The number of benzene rings is 3. The topological polar surface area (TPSA) is 105 Å². The lowest BCUT2D eigenvalue weighted by atomic mass is 9.86. The van der Waals surface area contributed by atoms with Gasteiger partial charge in [0.05, 0.1) is 26.3 Å². The Hall–Kier alpha value is -4.50. The molecule has 0 saturated carbocycles. The molecular formula is C29H27N3O6. The number of hydrazine groups is 1. The molecule has 9 nitrogen and oxygen atoms in total. The summed E-state index contributed by atoms with van der Waals surface area (Å²) in [5.74, 6) is -3.41. The Morgan fingerprint density at radius 1 is 0.711 bits per heavy atom. The predicted octanol–water partition coefficient (Wildman–Crippen LogP) is 2.67. The van der Waals surface area contributed by atoms with Gasteiger partial charge in [-0.2, -0.15) is 5.01 Å². The van der Waals surface area contributed by atoms with Crippen molar-refractivity contribution in [3.63, 3.8) is 0 Å². The maximum atomic E-state index is 14.1. The number of rotatable bonds is 6. The minimum absolute atomic E-state index is 0.394. The van der Waals surface area contributed by atoms with Crippen molar-refractivity contribution in [2.75, 3.05) is 14.2 Å². The minimum Gasteiger partial charge on any atom is -0.469 e. The predicted molar refractivity (Wildman–Crippen MR) is 136 cm³/mol. The Morgan fingerprint density at radius 2 is 1.21 bits per heavy atom. The van der Waals surface area contributed by atoms with Gasteiger partial charge < -0.3 is 14.8 Å². The van der Waals surface area contributed by atoms with Gasteiger partial charge in [-0.3, -0.25) is 19.4 Å². The zero-order valence-corrected chi connectivity index (χ0v) is 20.9. The first kappa shape index (κ1) is 25.2. The van der Waals surface area contributed by atoms with E-state index in [9.17, 15) is 19.2 Å². The smallest absolute Gasteiger partial charge is 0.331 e. The number of esters is 2. The van der Waals surface area contributed by atoms with Crippen LogP contribution < -0.4 is 5.32 Å². The average molecular weight is 514 g/mol. The summed E-state index contributed by atoms with van der Waals surface area (Å²) in [6.07, 6.45) is 0. The maximum absolute atomic E-state index is 14.1. The quantitative estimate of drug-likeness (QED) is 0.506. The summed E-state index contributed by atoms with van der Waals surface area (Å²) in [4.78, 5) is 53.7. The van der Waals surface area contributed by atoms with Crippen LogP contribution in [0.4, 0.5) is 0 Å². The summed E-state index contributed by atoms with van der Waals surface area (Å²) >= 11 is 0. The zero-order valence-electron chi connectivity index (χ0n) is 20.9. The highest BCUT2D eigenvalue weighted by Crippen LogP contribution is 2.51. The van der Waals surface area contributed by atoms with Crippen LogP contribution >= 0.6 is 0 Å². The van der Waals surface area contributed by atoms with Crippen LogP contribution in [0.2, 0.25) is 0 Å². The molecule has 2 saturated heterocycles. The van der Waals surface area contributed by atoms with Gasteiger partial charge in [0.2, 0.25) is 0 Å². The largest absolute Gasteiger partial charge is 0.469 e. The number of amides is 2. The lowest BCUT2D eigenvalue weighted by Crippen LogP contribution is -2.50. The van der Waals surface area contributed by atoms with E-state index in [1.807, 2.05) is 60.7 Å². The molecular weight excluding hydrogens is 486 g/mol. The molecule has 0 bridgehead atoms. The SMILES string of the molecule is COC(=O)[C@@H]1[C@@H](C(=O)OC)N2C(=O)[C@H](NC(=O)c3ccccc3)[C@@H](c3ccccc3)N2[C@H]1c1ccccc1. The van der Waals surface area contributed by atoms with Crippen molar-refractivity contribution in [3.8, 4) is 0 Å². The molecule has 0 aromatic heterocycles. The third-order valence-corrected chi connectivity index (χ3v) is 7.09. The summed E-state index contributed by atoms with van der Waals surface area (Å²) in [7, 11) is 2.46. The van der Waals surface area contributed by atoms with E-state index in [4.69, 9.17) is 9.47 Å². The van der Waals surface area contributed by atoms with Crippen molar-refractivity contribution in [2.45, 2.75) is 24.2 Å². The molecule has 2 aliphatic rings. The molecule has 2 amide bonds. The Morgan fingerprint density at radius 3 is 1.74 bits per heavy atom. The van der Waals surface area contributed by atoms with E-state index in [2.05, 4.69) is 5.32 Å². The number of hydrogen-bond donors (Lipinski definition) is 1. The van der Waals surface area contributed by atoms with Crippen molar-refractivity contribution >= 4 is 23.8 Å². The van der Waals surface area contributed by atoms with Crippen molar-refractivity contribution in [1.29, 1.82) is 0 Å². The number of nitrogens with zero attached hydrogens (tertiary/aromatic N) is 2. The molecule has 0 radical (unpaired) electrons. The first-order chi connectivity index (χ1) is 18.5. The Kier molecular flexibility index (Phi) is 6.93. The number of fused-ring (bicyclic) bond motifs is 1. The summed E-state index contributed by atoms with van der Waals surface area (Å²) in [6, 6.07) is 23.2. The molecule has 0 unspecified atom stereocenters. The van der Waals surface area contributed by atoms with E-state index in [0.717, 1.165) is 5.56 Å². The Labute approximate surface area is 219 Å². The van der Waals surface area contributed by atoms with Gasteiger partial charge in [-0.15, -0.1) is 0 Å². The number of methoxy groups -OCH3 is 2. The lowest BCUT2D eigenvalue weighted by Gasteiger charge is -2.33. The fraction of sp³-hybridized carbons (Fsp3) is 0.241. The summed E-state index contributed by atoms with van der Waals surface area (Å²) < 4.78 is 10.2. The molecule has 2 aliphatic heterocycles. The van der Waals surface area contributed by atoms with E-state index < -0.39 is 53.8 Å². The molecule has 3 aromatic rings. The van der Waals surface area contributed by atoms with Crippen molar-refractivity contribution < 1.29 is 28.7 Å². The van der Waals surface area contributed by atoms with Crippen LogP contribution in [0.1, 0.15) is 33.6 Å². The van der Waals surface area contributed by atoms with E-state index in [1.165, 1.54) is 19.2 Å².